The Bertz CT molecular complexity index is 610. The number of nitrogens with one attached hydrogen (secondary N) is 1. The van der Waals surface area contributed by atoms with Crippen molar-refractivity contribution in [3.63, 3.8) is 0 Å². The van der Waals surface area contributed by atoms with Crippen LogP contribution in [0.4, 0.5) is 0 Å². The van der Waals surface area contributed by atoms with Crippen molar-refractivity contribution in [3.05, 3.63) is 22.8 Å². The van der Waals surface area contributed by atoms with Crippen LogP contribution in [-0.2, 0) is 9.05 Å². The molecule has 0 bridgehead atoms. The van der Waals surface area contributed by atoms with Crippen LogP contribution in [0.2, 0.25) is 0 Å². The molecule has 0 spiro atoms. The highest BCUT2D eigenvalue weighted by atomic mass is 79.9. The van der Waals surface area contributed by atoms with Gasteiger partial charge in [0.1, 0.15) is 5.69 Å². The number of rotatable bonds is 2. The van der Waals surface area contributed by atoms with Crippen molar-refractivity contribution in [1.82, 2.24) is 20.2 Å². The van der Waals surface area contributed by atoms with E-state index in [1.807, 2.05) is 0 Å². The van der Waals surface area contributed by atoms with Gasteiger partial charge in [0.05, 0.1) is 0 Å². The molecule has 0 saturated heterocycles. The molecule has 0 amide bonds. The van der Waals surface area contributed by atoms with Crippen LogP contribution in [0.15, 0.2) is 28.0 Å². The fourth-order valence-electron chi connectivity index (χ4n) is 0.979. The topological polar surface area (TPSA) is 88.6 Å². The lowest BCUT2D eigenvalue weighted by Crippen LogP contribution is -1.93. The number of aromatic nitrogens is 4. The summed E-state index contributed by atoms with van der Waals surface area (Å²) in [4.78, 5) is 7.73. The summed E-state index contributed by atoms with van der Waals surface area (Å²) in [6.45, 7) is 0. The van der Waals surface area contributed by atoms with E-state index in [1.165, 1.54) is 0 Å². The van der Waals surface area contributed by atoms with E-state index in [0.29, 0.717) is 5.69 Å². The standard InChI is InChI=1S/C7H4BrClN4O2S/c8-4-1-2-5(10-3-4)6-11-7(13-12-6)16(9,14)15/h1-3H,(H,11,12,13). The van der Waals surface area contributed by atoms with Crippen LogP contribution >= 0.6 is 26.6 Å². The van der Waals surface area contributed by atoms with Crippen LogP contribution < -0.4 is 0 Å². The van der Waals surface area contributed by atoms with Crippen molar-refractivity contribution in [2.24, 2.45) is 0 Å². The summed E-state index contributed by atoms with van der Waals surface area (Å²) in [5.74, 6) is 0.173. The second-order valence-corrected chi connectivity index (χ2v) is 6.16. The Kier molecular flexibility index (Phi) is 2.96. The molecule has 0 aromatic carbocycles. The molecule has 0 aliphatic carbocycles. The van der Waals surface area contributed by atoms with Crippen LogP contribution in [0.1, 0.15) is 0 Å². The van der Waals surface area contributed by atoms with Crippen LogP contribution in [0.25, 0.3) is 11.5 Å². The largest absolute Gasteiger partial charge is 0.296 e. The normalized spacial score (nSPS) is 11.6. The van der Waals surface area contributed by atoms with Gasteiger partial charge in [0.25, 0.3) is 14.2 Å². The molecule has 2 aromatic heterocycles. The first-order chi connectivity index (χ1) is 7.47. The van der Waals surface area contributed by atoms with Gasteiger partial charge in [-0.1, -0.05) is 0 Å². The minimum atomic E-state index is -3.89. The van der Waals surface area contributed by atoms with E-state index in [4.69, 9.17) is 10.7 Å². The zero-order valence-corrected chi connectivity index (χ0v) is 10.7. The fraction of sp³-hybridized carbons (Fsp3) is 0. The van der Waals surface area contributed by atoms with Gasteiger partial charge in [0, 0.05) is 21.4 Å². The zero-order valence-electron chi connectivity index (χ0n) is 7.55. The van der Waals surface area contributed by atoms with Crippen molar-refractivity contribution < 1.29 is 8.42 Å². The summed E-state index contributed by atoms with van der Waals surface area (Å²) in [6, 6.07) is 3.39. The van der Waals surface area contributed by atoms with E-state index in [2.05, 4.69) is 36.1 Å². The highest BCUT2D eigenvalue weighted by molar-refractivity contribution is 9.10. The second-order valence-electron chi connectivity index (χ2n) is 2.76. The minimum absolute atomic E-state index is 0.173. The van der Waals surface area contributed by atoms with Crippen LogP contribution in [0.5, 0.6) is 0 Å². The van der Waals surface area contributed by atoms with Gasteiger partial charge in [-0.05, 0) is 28.1 Å². The molecule has 16 heavy (non-hydrogen) atoms. The Morgan fingerprint density at radius 2 is 2.12 bits per heavy atom. The Balaban J connectivity index is 2.43. The van der Waals surface area contributed by atoms with E-state index >= 15 is 0 Å². The molecular formula is C7H4BrClN4O2S. The molecule has 0 aliphatic rings. The molecule has 0 saturated carbocycles. The average molecular weight is 324 g/mol. The van der Waals surface area contributed by atoms with E-state index < -0.39 is 14.2 Å². The van der Waals surface area contributed by atoms with Crippen molar-refractivity contribution in [1.29, 1.82) is 0 Å². The SMILES string of the molecule is O=S(=O)(Cl)c1nc(-c2ccc(Br)cn2)n[nH]1. The molecule has 0 atom stereocenters. The molecule has 1 N–H and O–H groups in total. The second kappa shape index (κ2) is 4.11. The summed E-state index contributed by atoms with van der Waals surface area (Å²) < 4.78 is 22.7. The first kappa shape index (κ1) is 11.5. The summed E-state index contributed by atoms with van der Waals surface area (Å²) in [5, 5.41) is 5.54. The number of H-pyrrole nitrogens is 1. The molecule has 9 heteroatoms. The average Bonchev–Trinajstić information content (AvgIpc) is 2.67. The molecule has 0 unspecified atom stereocenters. The van der Waals surface area contributed by atoms with Crippen LogP contribution in [0.3, 0.4) is 0 Å². The fourth-order valence-corrected chi connectivity index (χ4v) is 1.77. The Morgan fingerprint density at radius 1 is 1.38 bits per heavy atom. The molecule has 84 valence electrons. The molecular weight excluding hydrogens is 320 g/mol. The van der Waals surface area contributed by atoms with Crippen molar-refractivity contribution in [2.45, 2.75) is 5.16 Å². The monoisotopic (exact) mass is 322 g/mol. The summed E-state index contributed by atoms with van der Waals surface area (Å²) in [7, 11) is 1.20. The van der Waals surface area contributed by atoms with Crippen molar-refractivity contribution in [2.75, 3.05) is 0 Å². The molecule has 2 rings (SSSR count). The van der Waals surface area contributed by atoms with Crippen LogP contribution in [0, 0.1) is 0 Å². The van der Waals surface area contributed by atoms with Gasteiger partial charge in [0.15, 0.2) is 0 Å². The van der Waals surface area contributed by atoms with Gasteiger partial charge in [0.2, 0.25) is 5.82 Å². The third-order valence-electron chi connectivity index (χ3n) is 1.65. The quantitative estimate of drug-likeness (QED) is 0.847. The zero-order chi connectivity index (χ0) is 11.8. The number of pyridine rings is 1. The predicted octanol–water partition coefficient (Wildman–Crippen LogP) is 1.56. The first-order valence-electron chi connectivity index (χ1n) is 3.96. The third-order valence-corrected chi connectivity index (χ3v) is 3.20. The number of nitrogens with zero attached hydrogens (tertiary/aromatic N) is 3. The van der Waals surface area contributed by atoms with E-state index in [0.717, 1.165) is 4.47 Å². The van der Waals surface area contributed by atoms with Crippen molar-refractivity contribution in [3.8, 4) is 11.5 Å². The lowest BCUT2D eigenvalue weighted by atomic mass is 10.3. The minimum Gasteiger partial charge on any atom is -0.252 e. The predicted molar refractivity (Wildman–Crippen MR) is 60.4 cm³/mol. The van der Waals surface area contributed by atoms with E-state index in [-0.39, 0.29) is 5.82 Å². The molecule has 2 heterocycles. The van der Waals surface area contributed by atoms with E-state index in [1.54, 1.807) is 18.3 Å². The molecule has 0 fully saturated rings. The van der Waals surface area contributed by atoms with Crippen molar-refractivity contribution >= 4 is 35.7 Å². The number of hydrogen-bond acceptors (Lipinski definition) is 5. The lowest BCUT2D eigenvalue weighted by molar-refractivity contribution is 0.602. The molecule has 6 nitrogen and oxygen atoms in total. The highest BCUT2D eigenvalue weighted by Gasteiger charge is 2.17. The third kappa shape index (κ3) is 2.39. The number of hydrogen-bond donors (Lipinski definition) is 1. The van der Waals surface area contributed by atoms with Gasteiger partial charge in [-0.15, -0.1) is 0 Å². The van der Waals surface area contributed by atoms with Crippen LogP contribution in [-0.4, -0.2) is 28.6 Å². The Hall–Kier alpha value is -0.990. The molecule has 2 aromatic rings. The van der Waals surface area contributed by atoms with Gasteiger partial charge in [-0.2, -0.15) is 10.1 Å². The first-order valence-corrected chi connectivity index (χ1v) is 7.06. The number of aromatic amines is 1. The Morgan fingerprint density at radius 3 is 2.62 bits per heavy atom. The maximum atomic E-state index is 10.9. The summed E-state index contributed by atoms with van der Waals surface area (Å²) in [6.07, 6.45) is 1.56. The summed E-state index contributed by atoms with van der Waals surface area (Å²) in [5.41, 5.74) is 0.450. The van der Waals surface area contributed by atoms with Gasteiger partial charge >= 0.3 is 0 Å². The molecule has 0 radical (unpaired) electrons. The summed E-state index contributed by atoms with van der Waals surface area (Å²) >= 11 is 3.23. The van der Waals surface area contributed by atoms with Gasteiger partial charge < -0.3 is 0 Å². The van der Waals surface area contributed by atoms with Gasteiger partial charge in [-0.3, -0.25) is 4.98 Å². The van der Waals surface area contributed by atoms with Gasteiger partial charge in [-0.25, -0.2) is 13.5 Å². The molecule has 0 aliphatic heterocycles. The van der Waals surface area contributed by atoms with E-state index in [9.17, 15) is 8.42 Å². The maximum Gasteiger partial charge on any atom is 0.296 e. The highest BCUT2D eigenvalue weighted by Crippen LogP contribution is 2.17. The number of halogens is 2. The smallest absolute Gasteiger partial charge is 0.252 e. The lowest BCUT2D eigenvalue weighted by Gasteiger charge is -1.93. The maximum absolute atomic E-state index is 10.9. The Labute approximate surface area is 104 Å².